The first kappa shape index (κ1) is 24.9. The van der Waals surface area contributed by atoms with E-state index in [2.05, 4.69) is 4.90 Å². The summed E-state index contributed by atoms with van der Waals surface area (Å²) in [6, 6.07) is 11.9. The fourth-order valence-corrected chi connectivity index (χ4v) is 5.43. The smallest absolute Gasteiger partial charge is 0.347 e. The Morgan fingerprint density at radius 1 is 1.03 bits per heavy atom. The predicted octanol–water partition coefficient (Wildman–Crippen LogP) is 6.63. The van der Waals surface area contributed by atoms with E-state index >= 15 is 0 Å². The molecule has 34 heavy (non-hydrogen) atoms. The van der Waals surface area contributed by atoms with Crippen molar-refractivity contribution in [3.8, 4) is 16.9 Å². The summed E-state index contributed by atoms with van der Waals surface area (Å²) in [6.07, 6.45) is 7.72. The summed E-state index contributed by atoms with van der Waals surface area (Å²) in [6.45, 7) is 3.79. The van der Waals surface area contributed by atoms with E-state index in [-0.39, 0.29) is 16.7 Å². The number of amides is 1. The molecular weight excluding hydrogens is 473 g/mol. The monoisotopic (exact) mass is 503 g/mol. The zero-order valence-corrected chi connectivity index (χ0v) is 21.2. The van der Waals surface area contributed by atoms with Gasteiger partial charge in [0.1, 0.15) is 10.8 Å². The van der Waals surface area contributed by atoms with Crippen molar-refractivity contribution in [1.29, 1.82) is 0 Å². The number of hydrogen-bond donors (Lipinski definition) is 1. The molecule has 1 N–H and O–H groups in total. The van der Waals surface area contributed by atoms with Gasteiger partial charge in [0.25, 0.3) is 0 Å². The molecule has 0 bridgehead atoms. The number of aliphatic carboxylic acids is 1. The minimum Gasteiger partial charge on any atom is -0.478 e. The molecule has 1 atom stereocenters. The molecule has 5 nitrogen and oxygen atoms in total. The van der Waals surface area contributed by atoms with Crippen LogP contribution in [-0.4, -0.2) is 40.1 Å². The normalized spacial score (nSPS) is 19.5. The first-order chi connectivity index (χ1) is 16.2. The molecule has 2 aromatic rings. The Balaban J connectivity index is 1.44. The molecule has 1 heterocycles. The number of rotatable bonds is 7. The summed E-state index contributed by atoms with van der Waals surface area (Å²) in [5.74, 6) is -0.505. The quantitative estimate of drug-likeness (QED) is 0.460. The molecule has 4 rings (SSSR count). The van der Waals surface area contributed by atoms with Crippen molar-refractivity contribution in [2.24, 2.45) is 5.92 Å². The standard InChI is InChI=1S/C27H31Cl2NO4/c1-27(2,26(32)33)34-22-13-12-21(23(28)24(22)29)18-10-8-17(9-11-18)16-19-14-15-30(25(19)31)20-6-4-3-5-7-20/h8-13,19-20H,3-7,14-16H2,1-2H3,(H,32,33). The molecular formula is C27H31Cl2NO4. The van der Waals surface area contributed by atoms with Gasteiger partial charge in [-0.3, -0.25) is 4.79 Å². The van der Waals surface area contributed by atoms with Crippen molar-refractivity contribution in [3.05, 3.63) is 52.0 Å². The number of ether oxygens (including phenoxy) is 1. The minimum atomic E-state index is -1.43. The summed E-state index contributed by atoms with van der Waals surface area (Å²) >= 11 is 12.9. The fourth-order valence-electron chi connectivity index (χ4n) is 4.96. The maximum Gasteiger partial charge on any atom is 0.347 e. The Labute approximate surface area is 211 Å². The number of carbonyl (C=O) groups excluding carboxylic acids is 1. The lowest BCUT2D eigenvalue weighted by Crippen LogP contribution is -2.39. The molecule has 1 saturated carbocycles. The fraction of sp³-hybridized carbons (Fsp3) is 0.481. The molecule has 0 spiro atoms. The highest BCUT2D eigenvalue weighted by Gasteiger charge is 2.36. The number of halogens is 2. The van der Waals surface area contributed by atoms with Crippen LogP contribution in [0, 0.1) is 5.92 Å². The largest absolute Gasteiger partial charge is 0.478 e. The van der Waals surface area contributed by atoms with Crippen LogP contribution < -0.4 is 4.74 Å². The van der Waals surface area contributed by atoms with Crippen molar-refractivity contribution in [2.75, 3.05) is 6.54 Å². The maximum absolute atomic E-state index is 13.0. The van der Waals surface area contributed by atoms with Crippen LogP contribution in [0.4, 0.5) is 0 Å². The van der Waals surface area contributed by atoms with Gasteiger partial charge in [0, 0.05) is 24.1 Å². The number of carboxylic acids is 1. The average Bonchev–Trinajstić information content (AvgIpc) is 3.18. The van der Waals surface area contributed by atoms with Gasteiger partial charge in [0.05, 0.1) is 5.02 Å². The van der Waals surface area contributed by atoms with Gasteiger partial charge in [-0.15, -0.1) is 0 Å². The van der Waals surface area contributed by atoms with E-state index < -0.39 is 11.6 Å². The second kappa shape index (κ2) is 10.2. The first-order valence-corrected chi connectivity index (χ1v) is 12.7. The van der Waals surface area contributed by atoms with E-state index in [0.29, 0.717) is 17.0 Å². The number of nitrogens with zero attached hydrogens (tertiary/aromatic N) is 1. The van der Waals surface area contributed by atoms with Gasteiger partial charge in [-0.05, 0) is 62.8 Å². The van der Waals surface area contributed by atoms with E-state index in [1.807, 2.05) is 24.3 Å². The molecule has 1 unspecified atom stereocenters. The second-order valence-corrected chi connectivity index (χ2v) is 10.6. The average molecular weight is 504 g/mol. The molecule has 2 fully saturated rings. The predicted molar refractivity (Wildman–Crippen MR) is 135 cm³/mol. The third kappa shape index (κ3) is 5.21. The Morgan fingerprint density at radius 3 is 2.35 bits per heavy atom. The Kier molecular flexibility index (Phi) is 7.44. The number of benzene rings is 2. The zero-order chi connectivity index (χ0) is 24.5. The third-order valence-electron chi connectivity index (χ3n) is 7.04. The Morgan fingerprint density at radius 2 is 1.71 bits per heavy atom. The Hall–Kier alpha value is -2.24. The lowest BCUT2D eigenvalue weighted by atomic mass is 9.93. The maximum atomic E-state index is 13.0. The van der Waals surface area contributed by atoms with E-state index in [1.165, 1.54) is 33.1 Å². The van der Waals surface area contributed by atoms with Crippen LogP contribution in [-0.2, 0) is 16.0 Å². The SMILES string of the molecule is CC(C)(Oc1ccc(-c2ccc(CC3CCN(C4CCCCC4)C3=O)cc2)c(Cl)c1Cl)C(=O)O. The first-order valence-electron chi connectivity index (χ1n) is 12.0. The molecule has 0 radical (unpaired) electrons. The van der Waals surface area contributed by atoms with Gasteiger partial charge in [0.15, 0.2) is 5.60 Å². The molecule has 1 saturated heterocycles. The van der Waals surface area contributed by atoms with Crippen molar-refractivity contribution in [1.82, 2.24) is 4.90 Å². The Bertz CT molecular complexity index is 1060. The third-order valence-corrected chi connectivity index (χ3v) is 7.90. The highest BCUT2D eigenvalue weighted by Crippen LogP contribution is 2.41. The minimum absolute atomic E-state index is 0.0554. The van der Waals surface area contributed by atoms with Crippen LogP contribution >= 0.6 is 23.2 Å². The highest BCUT2D eigenvalue weighted by molar-refractivity contribution is 6.44. The molecule has 1 aliphatic carbocycles. The van der Waals surface area contributed by atoms with Crippen LogP contribution in [0.3, 0.4) is 0 Å². The van der Waals surface area contributed by atoms with Crippen molar-refractivity contribution >= 4 is 35.1 Å². The van der Waals surface area contributed by atoms with Crippen LogP contribution in [0.15, 0.2) is 36.4 Å². The lowest BCUT2D eigenvalue weighted by Gasteiger charge is -2.31. The van der Waals surface area contributed by atoms with Crippen LogP contribution in [0.5, 0.6) is 5.75 Å². The molecule has 2 aliphatic rings. The van der Waals surface area contributed by atoms with Crippen molar-refractivity contribution < 1.29 is 19.4 Å². The summed E-state index contributed by atoms with van der Waals surface area (Å²) < 4.78 is 5.57. The molecule has 7 heteroatoms. The van der Waals surface area contributed by atoms with E-state index in [1.54, 1.807) is 12.1 Å². The lowest BCUT2D eigenvalue weighted by molar-refractivity contribution is -0.152. The van der Waals surface area contributed by atoms with E-state index in [4.69, 9.17) is 27.9 Å². The van der Waals surface area contributed by atoms with Gasteiger partial charge in [-0.2, -0.15) is 0 Å². The van der Waals surface area contributed by atoms with Gasteiger partial charge in [-0.1, -0.05) is 66.7 Å². The van der Waals surface area contributed by atoms with Gasteiger partial charge < -0.3 is 14.7 Å². The zero-order valence-electron chi connectivity index (χ0n) is 19.7. The molecule has 182 valence electrons. The summed E-state index contributed by atoms with van der Waals surface area (Å²) in [7, 11) is 0. The van der Waals surface area contributed by atoms with Gasteiger partial charge in [-0.25, -0.2) is 4.79 Å². The molecule has 1 aliphatic heterocycles. The van der Waals surface area contributed by atoms with E-state index in [9.17, 15) is 14.7 Å². The number of carbonyl (C=O) groups is 2. The number of likely N-dealkylation sites (tertiary alicyclic amines) is 1. The van der Waals surface area contributed by atoms with Crippen LogP contribution in [0.1, 0.15) is 57.9 Å². The topological polar surface area (TPSA) is 66.8 Å². The molecule has 1 amide bonds. The summed E-state index contributed by atoms with van der Waals surface area (Å²) in [5.41, 5.74) is 1.32. The van der Waals surface area contributed by atoms with Crippen molar-refractivity contribution in [2.45, 2.75) is 70.4 Å². The summed E-state index contributed by atoms with van der Waals surface area (Å²) in [5, 5.41) is 9.78. The molecule has 0 aromatic heterocycles. The van der Waals surface area contributed by atoms with Gasteiger partial charge in [0.2, 0.25) is 5.91 Å². The highest BCUT2D eigenvalue weighted by atomic mass is 35.5. The van der Waals surface area contributed by atoms with Crippen LogP contribution in [0.25, 0.3) is 11.1 Å². The number of carboxylic acid groups (broad SMARTS) is 1. The summed E-state index contributed by atoms with van der Waals surface area (Å²) in [4.78, 5) is 26.5. The second-order valence-electron chi connectivity index (χ2n) is 9.87. The van der Waals surface area contributed by atoms with Crippen LogP contribution in [0.2, 0.25) is 10.0 Å². The number of hydrogen-bond acceptors (Lipinski definition) is 3. The van der Waals surface area contributed by atoms with Gasteiger partial charge >= 0.3 is 5.97 Å². The molecule has 2 aromatic carbocycles. The van der Waals surface area contributed by atoms with Crippen molar-refractivity contribution in [3.63, 3.8) is 0 Å². The van der Waals surface area contributed by atoms with E-state index in [0.717, 1.165) is 48.9 Å².